The molecular weight excluding hydrogens is 249 g/mol. The average molecular weight is 257 g/mol. The Balaban J connectivity index is 2.40. The molecule has 1 aliphatic rings. The van der Waals surface area contributed by atoms with Crippen molar-refractivity contribution in [3.63, 3.8) is 0 Å². The smallest absolute Gasteiger partial charge is 0.405 e. The second kappa shape index (κ2) is 2.91. The third-order valence-corrected chi connectivity index (χ3v) is 2.84. The Morgan fingerprint density at radius 3 is 2.50 bits per heavy atom. The Labute approximate surface area is 72.1 Å². The number of rotatable bonds is 2. The number of nitrogens with one attached hydrogen (secondary N) is 1. The Kier molecular flexibility index (Phi) is 2.35. The highest BCUT2D eigenvalue weighted by Crippen LogP contribution is 2.19. The molecule has 0 spiro atoms. The Morgan fingerprint density at radius 2 is 2.40 bits per heavy atom. The quantitative estimate of drug-likeness (QED) is 0.558. The van der Waals surface area contributed by atoms with Gasteiger partial charge in [0, 0.05) is 4.43 Å². The molecule has 0 bridgehead atoms. The first-order chi connectivity index (χ1) is 4.68. The van der Waals surface area contributed by atoms with E-state index < -0.39 is 6.09 Å². The van der Waals surface area contributed by atoms with Crippen LogP contribution in [0.2, 0.25) is 0 Å². The zero-order valence-electron chi connectivity index (χ0n) is 5.26. The topological polar surface area (TPSA) is 58.6 Å². The second-order valence-corrected chi connectivity index (χ2v) is 3.10. The number of hydrogen-bond acceptors (Lipinski definition) is 2. The van der Waals surface area contributed by atoms with Crippen molar-refractivity contribution in [3.8, 4) is 0 Å². The summed E-state index contributed by atoms with van der Waals surface area (Å²) in [7, 11) is 0. The molecule has 0 aromatic rings. The van der Waals surface area contributed by atoms with Crippen LogP contribution in [-0.4, -0.2) is 34.4 Å². The number of carboxylic acid groups (broad SMARTS) is 1. The summed E-state index contributed by atoms with van der Waals surface area (Å²) in [5, 5.41) is 10.8. The summed E-state index contributed by atoms with van der Waals surface area (Å²) in [4.78, 5) is 10.2. The van der Waals surface area contributed by atoms with Crippen molar-refractivity contribution >= 4 is 28.7 Å². The van der Waals surface area contributed by atoms with Crippen LogP contribution in [0.3, 0.4) is 0 Å². The lowest BCUT2D eigenvalue weighted by Gasteiger charge is -2.39. The maximum atomic E-state index is 10.2. The molecule has 0 radical (unpaired) electrons. The summed E-state index contributed by atoms with van der Waals surface area (Å²) in [5.74, 6) is 0. The lowest BCUT2D eigenvalue weighted by atomic mass is 10.0. The van der Waals surface area contributed by atoms with Crippen LogP contribution in [0.1, 0.15) is 0 Å². The van der Waals surface area contributed by atoms with Crippen LogP contribution in [0.25, 0.3) is 0 Å². The Hall–Kier alpha value is -0.0400. The number of hydrogen-bond donors (Lipinski definition) is 2. The number of carbonyl (C=O) groups is 1. The fraction of sp³-hybridized carbons (Fsp3) is 0.800. The largest absolute Gasteiger partial charge is 0.465 e. The normalized spacial score (nSPS) is 21.3. The molecule has 58 valence electrons. The summed E-state index contributed by atoms with van der Waals surface area (Å²) in [6.45, 7) is 1.00. The predicted octanol–water partition coefficient (Wildman–Crippen LogP) is 0.458. The Bertz CT molecular complexity index is 140. The maximum Gasteiger partial charge on any atom is 0.405 e. The molecule has 1 aliphatic heterocycles. The highest BCUT2D eigenvalue weighted by molar-refractivity contribution is 14.1. The van der Waals surface area contributed by atoms with Gasteiger partial charge in [0.2, 0.25) is 0 Å². The van der Waals surface area contributed by atoms with Crippen molar-refractivity contribution in [1.82, 2.24) is 5.32 Å². The summed E-state index contributed by atoms with van der Waals surface area (Å²) in [5.41, 5.74) is -0.299. The molecule has 2 N–H and O–H groups in total. The lowest BCUT2D eigenvalue weighted by molar-refractivity contribution is -0.0560. The van der Waals surface area contributed by atoms with Crippen LogP contribution in [0.5, 0.6) is 0 Å². The van der Waals surface area contributed by atoms with Gasteiger partial charge in [-0.15, -0.1) is 0 Å². The molecule has 5 heteroatoms. The van der Waals surface area contributed by atoms with E-state index in [0.717, 1.165) is 4.43 Å². The predicted molar refractivity (Wildman–Crippen MR) is 43.6 cm³/mol. The molecule has 10 heavy (non-hydrogen) atoms. The molecule has 0 aromatic carbocycles. The minimum Gasteiger partial charge on any atom is -0.465 e. The minimum absolute atomic E-state index is 0.299. The first kappa shape index (κ1) is 8.06. The van der Waals surface area contributed by atoms with Crippen LogP contribution in [-0.2, 0) is 4.74 Å². The molecule has 0 atom stereocenters. The van der Waals surface area contributed by atoms with Gasteiger partial charge < -0.3 is 15.2 Å². The molecule has 0 aromatic heterocycles. The highest BCUT2D eigenvalue weighted by Gasteiger charge is 2.38. The van der Waals surface area contributed by atoms with Crippen molar-refractivity contribution in [2.24, 2.45) is 0 Å². The van der Waals surface area contributed by atoms with Gasteiger partial charge in [0.25, 0.3) is 0 Å². The molecule has 1 saturated heterocycles. The van der Waals surface area contributed by atoms with Gasteiger partial charge in [0.1, 0.15) is 0 Å². The fourth-order valence-electron chi connectivity index (χ4n) is 0.758. The van der Waals surface area contributed by atoms with Gasteiger partial charge in [-0.3, -0.25) is 0 Å². The van der Waals surface area contributed by atoms with Crippen LogP contribution >= 0.6 is 22.6 Å². The fourth-order valence-corrected chi connectivity index (χ4v) is 1.39. The van der Waals surface area contributed by atoms with E-state index in [1.807, 2.05) is 0 Å². The van der Waals surface area contributed by atoms with E-state index in [0.29, 0.717) is 13.2 Å². The van der Waals surface area contributed by atoms with Gasteiger partial charge in [0.15, 0.2) is 0 Å². The van der Waals surface area contributed by atoms with Crippen molar-refractivity contribution in [1.29, 1.82) is 0 Å². The average Bonchev–Trinajstić information content (AvgIpc) is 1.78. The molecule has 1 amide bonds. The van der Waals surface area contributed by atoms with E-state index in [2.05, 4.69) is 27.9 Å². The molecule has 1 rings (SSSR count). The molecule has 0 unspecified atom stereocenters. The van der Waals surface area contributed by atoms with E-state index in [1.54, 1.807) is 0 Å². The molecule has 0 saturated carbocycles. The third-order valence-electron chi connectivity index (χ3n) is 1.38. The standard InChI is InChI=1S/C5H8INO3/c6-1-5(2-10-3-5)7-4(8)9/h7H,1-3H2,(H,8,9). The maximum absolute atomic E-state index is 10.2. The zero-order chi connectivity index (χ0) is 7.61. The van der Waals surface area contributed by atoms with Crippen LogP contribution in [0, 0.1) is 0 Å². The molecular formula is C5H8INO3. The van der Waals surface area contributed by atoms with Gasteiger partial charge in [-0.1, -0.05) is 22.6 Å². The van der Waals surface area contributed by atoms with Gasteiger partial charge in [0.05, 0.1) is 18.8 Å². The van der Waals surface area contributed by atoms with Crippen LogP contribution in [0.4, 0.5) is 4.79 Å². The minimum atomic E-state index is -0.972. The van der Waals surface area contributed by atoms with Gasteiger partial charge in [-0.2, -0.15) is 0 Å². The van der Waals surface area contributed by atoms with Crippen molar-refractivity contribution in [2.75, 3.05) is 17.6 Å². The second-order valence-electron chi connectivity index (χ2n) is 2.34. The van der Waals surface area contributed by atoms with Crippen LogP contribution in [0.15, 0.2) is 0 Å². The number of alkyl halides is 1. The van der Waals surface area contributed by atoms with E-state index in [4.69, 9.17) is 9.84 Å². The zero-order valence-corrected chi connectivity index (χ0v) is 7.42. The van der Waals surface area contributed by atoms with Crippen molar-refractivity contribution < 1.29 is 14.6 Å². The number of ether oxygens (including phenoxy) is 1. The Morgan fingerprint density at radius 1 is 1.80 bits per heavy atom. The third kappa shape index (κ3) is 1.51. The van der Waals surface area contributed by atoms with Gasteiger partial charge in [-0.25, -0.2) is 4.79 Å². The van der Waals surface area contributed by atoms with Crippen molar-refractivity contribution in [2.45, 2.75) is 5.54 Å². The number of amides is 1. The lowest BCUT2D eigenvalue weighted by Crippen LogP contribution is -2.63. The number of halogens is 1. The summed E-state index contributed by atoms with van der Waals surface area (Å²) < 4.78 is 5.66. The monoisotopic (exact) mass is 257 g/mol. The summed E-state index contributed by atoms with van der Waals surface area (Å²) in [6, 6.07) is 0. The molecule has 0 aliphatic carbocycles. The first-order valence-electron chi connectivity index (χ1n) is 2.83. The summed E-state index contributed by atoms with van der Waals surface area (Å²) in [6.07, 6.45) is -0.972. The summed E-state index contributed by atoms with van der Waals surface area (Å²) >= 11 is 2.15. The van der Waals surface area contributed by atoms with Gasteiger partial charge >= 0.3 is 6.09 Å². The van der Waals surface area contributed by atoms with E-state index in [1.165, 1.54) is 0 Å². The van der Waals surface area contributed by atoms with Gasteiger partial charge in [-0.05, 0) is 0 Å². The first-order valence-corrected chi connectivity index (χ1v) is 4.36. The highest BCUT2D eigenvalue weighted by atomic mass is 127. The van der Waals surface area contributed by atoms with E-state index in [-0.39, 0.29) is 5.54 Å². The SMILES string of the molecule is O=C(O)NC1(CI)COC1. The van der Waals surface area contributed by atoms with Crippen LogP contribution < -0.4 is 5.32 Å². The molecule has 4 nitrogen and oxygen atoms in total. The molecule has 1 fully saturated rings. The molecule has 1 heterocycles. The van der Waals surface area contributed by atoms with E-state index >= 15 is 0 Å². The van der Waals surface area contributed by atoms with Crippen molar-refractivity contribution in [3.05, 3.63) is 0 Å². The van der Waals surface area contributed by atoms with E-state index in [9.17, 15) is 4.79 Å².